The SMILES string of the molecule is CCOC(=O)CNC(=O)c1sc2ncnc(N3CCN(c4ccccc4F)CC3)c2c1C. The molecule has 1 N–H and O–H groups in total. The molecule has 1 aliphatic rings. The van der Waals surface area contributed by atoms with E-state index >= 15 is 0 Å². The number of hydrogen-bond donors (Lipinski definition) is 1. The quantitative estimate of drug-likeness (QED) is 0.570. The maximum Gasteiger partial charge on any atom is 0.325 e. The number of ether oxygens (including phenoxy) is 1. The fourth-order valence-corrected chi connectivity index (χ4v) is 4.88. The number of aromatic nitrogens is 2. The Morgan fingerprint density at radius 1 is 1.16 bits per heavy atom. The highest BCUT2D eigenvalue weighted by molar-refractivity contribution is 7.20. The highest BCUT2D eigenvalue weighted by atomic mass is 32.1. The van der Waals surface area contributed by atoms with Gasteiger partial charge in [0, 0.05) is 26.2 Å². The van der Waals surface area contributed by atoms with Gasteiger partial charge in [0.25, 0.3) is 5.91 Å². The average molecular weight is 458 g/mol. The predicted molar refractivity (Wildman–Crippen MR) is 122 cm³/mol. The normalized spacial score (nSPS) is 14.0. The van der Waals surface area contributed by atoms with E-state index in [2.05, 4.69) is 20.2 Å². The number of carbonyl (C=O) groups excluding carboxylic acids is 2. The topological polar surface area (TPSA) is 87.7 Å². The summed E-state index contributed by atoms with van der Waals surface area (Å²) in [6.45, 7) is 6.30. The molecule has 32 heavy (non-hydrogen) atoms. The molecule has 0 radical (unpaired) electrons. The molecule has 2 aromatic heterocycles. The monoisotopic (exact) mass is 457 g/mol. The van der Waals surface area contributed by atoms with E-state index in [9.17, 15) is 14.0 Å². The second-order valence-electron chi connectivity index (χ2n) is 7.35. The summed E-state index contributed by atoms with van der Waals surface area (Å²) < 4.78 is 19.0. The van der Waals surface area contributed by atoms with Gasteiger partial charge in [0.05, 0.1) is 22.6 Å². The van der Waals surface area contributed by atoms with E-state index in [1.54, 1.807) is 19.1 Å². The predicted octanol–water partition coefficient (Wildman–Crippen LogP) is 2.76. The van der Waals surface area contributed by atoms with Crippen molar-refractivity contribution in [2.75, 3.05) is 49.1 Å². The van der Waals surface area contributed by atoms with Gasteiger partial charge >= 0.3 is 5.97 Å². The Hall–Kier alpha value is -3.27. The first-order chi connectivity index (χ1) is 15.5. The van der Waals surface area contributed by atoms with E-state index in [0.29, 0.717) is 41.6 Å². The zero-order chi connectivity index (χ0) is 22.7. The van der Waals surface area contributed by atoms with Crippen LogP contribution in [0, 0.1) is 12.7 Å². The molecule has 1 fully saturated rings. The lowest BCUT2D eigenvalue weighted by atomic mass is 10.1. The van der Waals surface area contributed by atoms with Gasteiger partial charge in [-0.3, -0.25) is 9.59 Å². The first-order valence-electron chi connectivity index (χ1n) is 10.4. The fourth-order valence-electron chi connectivity index (χ4n) is 3.82. The van der Waals surface area contributed by atoms with Gasteiger partial charge in [-0.1, -0.05) is 12.1 Å². The molecule has 3 aromatic rings. The number of para-hydroxylation sites is 1. The molecular weight excluding hydrogens is 433 g/mol. The van der Waals surface area contributed by atoms with Crippen LogP contribution in [-0.4, -0.2) is 61.2 Å². The van der Waals surface area contributed by atoms with E-state index in [1.807, 2.05) is 17.9 Å². The Bertz CT molecular complexity index is 1140. The van der Waals surface area contributed by atoms with E-state index in [-0.39, 0.29) is 24.9 Å². The number of halogens is 1. The van der Waals surface area contributed by atoms with Crippen LogP contribution >= 0.6 is 11.3 Å². The standard InChI is InChI=1S/C22H24FN5O3S/c1-3-31-17(29)12-24-21(30)19-14(2)18-20(25-13-26-22(18)32-19)28-10-8-27(9-11-28)16-7-5-4-6-15(16)23/h4-7,13H,3,8-12H2,1-2H3,(H,24,30). The number of anilines is 2. The van der Waals surface area contributed by atoms with Crippen LogP contribution in [-0.2, 0) is 9.53 Å². The molecule has 10 heteroatoms. The lowest BCUT2D eigenvalue weighted by molar-refractivity contribution is -0.141. The molecule has 1 saturated heterocycles. The number of amides is 1. The van der Waals surface area contributed by atoms with Crippen LogP contribution in [0.25, 0.3) is 10.2 Å². The molecule has 0 spiro atoms. The number of esters is 1. The molecule has 0 atom stereocenters. The van der Waals surface area contributed by atoms with Crippen molar-refractivity contribution >= 4 is 44.9 Å². The largest absolute Gasteiger partial charge is 0.465 e. The number of carbonyl (C=O) groups is 2. The molecule has 0 unspecified atom stereocenters. The molecule has 8 nitrogen and oxygen atoms in total. The summed E-state index contributed by atoms with van der Waals surface area (Å²) in [4.78, 5) is 38.4. The molecule has 1 aliphatic heterocycles. The van der Waals surface area contributed by atoms with Crippen LogP contribution in [0.3, 0.4) is 0 Å². The van der Waals surface area contributed by atoms with Gasteiger partial charge in [-0.15, -0.1) is 11.3 Å². The molecule has 4 rings (SSSR count). The molecule has 1 aromatic carbocycles. The van der Waals surface area contributed by atoms with E-state index in [4.69, 9.17) is 4.74 Å². The zero-order valence-electron chi connectivity index (χ0n) is 17.9. The van der Waals surface area contributed by atoms with Gasteiger partial charge in [0.2, 0.25) is 0 Å². The zero-order valence-corrected chi connectivity index (χ0v) is 18.7. The van der Waals surface area contributed by atoms with Crippen LogP contribution < -0.4 is 15.1 Å². The number of benzene rings is 1. The number of thiophene rings is 1. The number of piperazine rings is 1. The van der Waals surface area contributed by atoms with Crippen molar-refractivity contribution in [2.24, 2.45) is 0 Å². The summed E-state index contributed by atoms with van der Waals surface area (Å²) in [7, 11) is 0. The molecule has 0 saturated carbocycles. The van der Waals surface area contributed by atoms with Gasteiger partial charge in [0.1, 0.15) is 29.3 Å². The summed E-state index contributed by atoms with van der Waals surface area (Å²) in [5.74, 6) is -0.277. The number of hydrogen-bond acceptors (Lipinski definition) is 8. The molecule has 3 heterocycles. The first kappa shape index (κ1) is 21.9. The van der Waals surface area contributed by atoms with Crippen molar-refractivity contribution in [3.05, 3.63) is 46.9 Å². The third kappa shape index (κ3) is 4.36. The highest BCUT2D eigenvalue weighted by Gasteiger charge is 2.25. The van der Waals surface area contributed by atoms with Crippen LogP contribution in [0.2, 0.25) is 0 Å². The molecule has 0 bridgehead atoms. The summed E-state index contributed by atoms with van der Waals surface area (Å²) in [5.41, 5.74) is 1.38. The maximum atomic E-state index is 14.1. The van der Waals surface area contributed by atoms with Crippen molar-refractivity contribution in [3.63, 3.8) is 0 Å². The number of aryl methyl sites for hydroxylation is 1. The highest BCUT2D eigenvalue weighted by Crippen LogP contribution is 2.35. The van der Waals surface area contributed by atoms with Gasteiger partial charge in [-0.2, -0.15) is 0 Å². The number of nitrogens with one attached hydrogen (secondary N) is 1. The smallest absolute Gasteiger partial charge is 0.325 e. The molecule has 0 aliphatic carbocycles. The Labute approximate surface area is 189 Å². The van der Waals surface area contributed by atoms with Crippen LogP contribution in [0.4, 0.5) is 15.9 Å². The van der Waals surface area contributed by atoms with Crippen molar-refractivity contribution in [1.29, 1.82) is 0 Å². The molecule has 168 valence electrons. The van der Waals surface area contributed by atoms with Crippen LogP contribution in [0.15, 0.2) is 30.6 Å². The number of nitrogens with zero attached hydrogens (tertiary/aromatic N) is 4. The summed E-state index contributed by atoms with van der Waals surface area (Å²) in [6.07, 6.45) is 1.50. The Morgan fingerprint density at radius 3 is 2.59 bits per heavy atom. The Balaban J connectivity index is 1.52. The minimum absolute atomic E-state index is 0.184. The van der Waals surface area contributed by atoms with E-state index in [0.717, 1.165) is 16.8 Å². The van der Waals surface area contributed by atoms with E-state index < -0.39 is 5.97 Å². The van der Waals surface area contributed by atoms with Gasteiger partial charge in [-0.05, 0) is 31.5 Å². The summed E-state index contributed by atoms with van der Waals surface area (Å²) in [6, 6.07) is 6.78. The summed E-state index contributed by atoms with van der Waals surface area (Å²) >= 11 is 1.27. The van der Waals surface area contributed by atoms with Crippen molar-refractivity contribution < 1.29 is 18.7 Å². The number of rotatable bonds is 6. The molecule has 1 amide bonds. The van der Waals surface area contributed by atoms with Gasteiger partial charge < -0.3 is 19.9 Å². The lowest BCUT2D eigenvalue weighted by Crippen LogP contribution is -2.47. The first-order valence-corrected chi connectivity index (χ1v) is 11.2. The maximum absolute atomic E-state index is 14.1. The number of fused-ring (bicyclic) bond motifs is 1. The average Bonchev–Trinajstić information content (AvgIpc) is 3.15. The van der Waals surface area contributed by atoms with Crippen LogP contribution in [0.1, 0.15) is 22.2 Å². The Morgan fingerprint density at radius 2 is 1.88 bits per heavy atom. The fraction of sp³-hybridized carbons (Fsp3) is 0.364. The third-order valence-corrected chi connectivity index (χ3v) is 6.58. The van der Waals surface area contributed by atoms with Crippen molar-refractivity contribution in [3.8, 4) is 0 Å². The second kappa shape index (κ2) is 9.47. The lowest BCUT2D eigenvalue weighted by Gasteiger charge is -2.37. The van der Waals surface area contributed by atoms with Gasteiger partial charge in [0.15, 0.2) is 0 Å². The van der Waals surface area contributed by atoms with Crippen molar-refractivity contribution in [2.45, 2.75) is 13.8 Å². The van der Waals surface area contributed by atoms with Crippen molar-refractivity contribution in [1.82, 2.24) is 15.3 Å². The molecular formula is C22H24FN5O3S. The Kier molecular flexibility index (Phi) is 6.50. The minimum Gasteiger partial charge on any atom is -0.465 e. The van der Waals surface area contributed by atoms with Gasteiger partial charge in [-0.25, -0.2) is 14.4 Å². The summed E-state index contributed by atoms with van der Waals surface area (Å²) in [5, 5.41) is 3.44. The van der Waals surface area contributed by atoms with Crippen LogP contribution in [0.5, 0.6) is 0 Å². The second-order valence-corrected chi connectivity index (χ2v) is 8.35. The van der Waals surface area contributed by atoms with E-state index in [1.165, 1.54) is 23.7 Å². The minimum atomic E-state index is -0.479. The third-order valence-electron chi connectivity index (χ3n) is 5.38.